The van der Waals surface area contributed by atoms with Crippen LogP contribution in [0.1, 0.15) is 59.3 Å². The number of carbonyl (C=O) groups excluding carboxylic acids is 1. The summed E-state index contributed by atoms with van der Waals surface area (Å²) in [5.74, 6) is 0. The zero-order valence-corrected chi connectivity index (χ0v) is 15.6. The second-order valence-electron chi connectivity index (χ2n) is 5.97. The number of rotatable bonds is 9. The number of nitrogens with zero attached hydrogens (tertiary/aromatic N) is 3. The van der Waals surface area contributed by atoms with Crippen LogP contribution in [0, 0.1) is 0 Å². The van der Waals surface area contributed by atoms with Gasteiger partial charge < -0.3 is 14.7 Å². The monoisotopic (exact) mass is 301 g/mol. The van der Waals surface area contributed by atoms with Crippen molar-refractivity contribution in [2.75, 3.05) is 47.8 Å². The van der Waals surface area contributed by atoms with Crippen molar-refractivity contribution < 1.29 is 4.79 Å². The van der Waals surface area contributed by atoms with E-state index >= 15 is 0 Å². The lowest BCUT2D eigenvalue weighted by Gasteiger charge is -2.21. The molecule has 0 bridgehead atoms. The molecule has 0 unspecified atom stereocenters. The highest BCUT2D eigenvalue weighted by Crippen LogP contribution is 2.01. The second-order valence-corrected chi connectivity index (χ2v) is 5.97. The average Bonchev–Trinajstić information content (AvgIpc) is 2.46. The quantitative estimate of drug-likeness (QED) is 0.645. The summed E-state index contributed by atoms with van der Waals surface area (Å²) in [6, 6.07) is 0.0185. The van der Waals surface area contributed by atoms with Crippen molar-refractivity contribution in [3.8, 4) is 0 Å². The molecule has 0 aromatic rings. The third-order valence-corrected chi connectivity index (χ3v) is 3.25. The molecule has 0 radical (unpaired) electrons. The Labute approximate surface area is 133 Å². The molecule has 4 heteroatoms. The van der Waals surface area contributed by atoms with E-state index in [1.807, 2.05) is 0 Å². The van der Waals surface area contributed by atoms with Gasteiger partial charge in [-0.2, -0.15) is 0 Å². The summed E-state index contributed by atoms with van der Waals surface area (Å²) in [5.41, 5.74) is 0. The molecule has 0 spiro atoms. The molecule has 0 saturated heterocycles. The van der Waals surface area contributed by atoms with E-state index in [0.29, 0.717) is 0 Å². The van der Waals surface area contributed by atoms with Crippen LogP contribution in [0.25, 0.3) is 0 Å². The Kier molecular flexibility index (Phi) is 16.7. The standard InChI is InChI=1S/C12H27N.C5H12N2O/c1-4-7-10-13(11-8-5-2)12-9-6-3;1-6(2)5(8)7(3)4/h4-12H2,1-3H3;1-4H3. The third-order valence-electron chi connectivity index (χ3n) is 3.25. The van der Waals surface area contributed by atoms with Gasteiger partial charge in [-0.15, -0.1) is 0 Å². The largest absolute Gasteiger partial charge is 0.331 e. The molecule has 0 rings (SSSR count). The maximum Gasteiger partial charge on any atom is 0.318 e. The van der Waals surface area contributed by atoms with Crippen LogP contribution in [0.5, 0.6) is 0 Å². The minimum Gasteiger partial charge on any atom is -0.331 e. The highest BCUT2D eigenvalue weighted by atomic mass is 16.2. The summed E-state index contributed by atoms with van der Waals surface area (Å²) in [5, 5.41) is 0. The number of hydrogen-bond donors (Lipinski definition) is 0. The van der Waals surface area contributed by atoms with Gasteiger partial charge >= 0.3 is 6.03 Å². The first-order valence-corrected chi connectivity index (χ1v) is 8.51. The molecule has 0 N–H and O–H groups in total. The number of hydrogen-bond acceptors (Lipinski definition) is 2. The Balaban J connectivity index is 0. The summed E-state index contributed by atoms with van der Waals surface area (Å²) in [6.07, 6.45) is 8.09. The minimum atomic E-state index is 0.0185. The first-order chi connectivity index (χ1) is 9.90. The van der Waals surface area contributed by atoms with Gasteiger partial charge in [-0.25, -0.2) is 4.79 Å². The Hall–Kier alpha value is -0.770. The van der Waals surface area contributed by atoms with E-state index in [1.165, 1.54) is 68.0 Å². The Morgan fingerprint density at radius 3 is 1.10 bits per heavy atom. The Morgan fingerprint density at radius 1 is 0.667 bits per heavy atom. The summed E-state index contributed by atoms with van der Waals surface area (Å²) in [4.78, 5) is 16.4. The summed E-state index contributed by atoms with van der Waals surface area (Å²) in [6.45, 7) is 10.8. The summed E-state index contributed by atoms with van der Waals surface area (Å²) < 4.78 is 0. The van der Waals surface area contributed by atoms with Crippen LogP contribution in [0.3, 0.4) is 0 Å². The van der Waals surface area contributed by atoms with Crippen LogP contribution in [0.2, 0.25) is 0 Å². The van der Waals surface area contributed by atoms with Gasteiger partial charge in [0.25, 0.3) is 0 Å². The van der Waals surface area contributed by atoms with Crippen molar-refractivity contribution in [3.63, 3.8) is 0 Å². The van der Waals surface area contributed by atoms with Crippen molar-refractivity contribution in [2.45, 2.75) is 59.3 Å². The maximum absolute atomic E-state index is 10.7. The van der Waals surface area contributed by atoms with E-state index in [9.17, 15) is 4.79 Å². The molecule has 0 aromatic carbocycles. The molecule has 128 valence electrons. The molecular weight excluding hydrogens is 262 g/mol. The highest BCUT2D eigenvalue weighted by molar-refractivity contribution is 5.72. The fourth-order valence-corrected chi connectivity index (χ4v) is 1.88. The van der Waals surface area contributed by atoms with Crippen LogP contribution in [0.15, 0.2) is 0 Å². The minimum absolute atomic E-state index is 0.0185. The van der Waals surface area contributed by atoms with Crippen molar-refractivity contribution in [1.29, 1.82) is 0 Å². The lowest BCUT2D eigenvalue weighted by atomic mass is 10.2. The van der Waals surface area contributed by atoms with Crippen LogP contribution < -0.4 is 0 Å². The predicted molar refractivity (Wildman–Crippen MR) is 93.9 cm³/mol. The molecule has 0 aliphatic carbocycles. The van der Waals surface area contributed by atoms with Crippen molar-refractivity contribution >= 4 is 6.03 Å². The molecule has 2 amide bonds. The normalized spacial score (nSPS) is 10.1. The number of carbonyl (C=O) groups is 1. The average molecular weight is 302 g/mol. The van der Waals surface area contributed by atoms with Gasteiger partial charge in [-0.3, -0.25) is 0 Å². The van der Waals surface area contributed by atoms with E-state index in [-0.39, 0.29) is 6.03 Å². The van der Waals surface area contributed by atoms with Gasteiger partial charge in [0.2, 0.25) is 0 Å². The SMILES string of the molecule is CCCCN(CCCC)CCCC.CN(C)C(=O)N(C)C. The molecule has 0 aliphatic rings. The van der Waals surface area contributed by atoms with E-state index in [0.717, 1.165) is 0 Å². The zero-order valence-electron chi connectivity index (χ0n) is 15.6. The van der Waals surface area contributed by atoms with Gasteiger partial charge in [0, 0.05) is 28.2 Å². The van der Waals surface area contributed by atoms with E-state index in [1.54, 1.807) is 28.2 Å². The molecule has 0 aromatic heterocycles. The van der Waals surface area contributed by atoms with Crippen molar-refractivity contribution in [1.82, 2.24) is 14.7 Å². The van der Waals surface area contributed by atoms with Crippen molar-refractivity contribution in [2.24, 2.45) is 0 Å². The molecular formula is C17H39N3O. The topological polar surface area (TPSA) is 26.8 Å². The van der Waals surface area contributed by atoms with Gasteiger partial charge in [0.05, 0.1) is 0 Å². The molecule has 0 heterocycles. The van der Waals surface area contributed by atoms with Gasteiger partial charge in [-0.05, 0) is 38.9 Å². The van der Waals surface area contributed by atoms with E-state index < -0.39 is 0 Å². The Morgan fingerprint density at radius 2 is 0.952 bits per heavy atom. The lowest BCUT2D eigenvalue weighted by Crippen LogP contribution is -2.33. The fraction of sp³-hybridized carbons (Fsp3) is 0.941. The second kappa shape index (κ2) is 15.6. The van der Waals surface area contributed by atoms with Gasteiger partial charge in [0.15, 0.2) is 0 Å². The smallest absolute Gasteiger partial charge is 0.318 e. The number of unbranched alkanes of at least 4 members (excludes halogenated alkanes) is 3. The molecule has 0 fully saturated rings. The number of amides is 2. The van der Waals surface area contributed by atoms with E-state index in [2.05, 4.69) is 25.7 Å². The van der Waals surface area contributed by atoms with Crippen LogP contribution >= 0.6 is 0 Å². The first-order valence-electron chi connectivity index (χ1n) is 8.51. The third kappa shape index (κ3) is 15.4. The summed E-state index contributed by atoms with van der Waals surface area (Å²) >= 11 is 0. The van der Waals surface area contributed by atoms with E-state index in [4.69, 9.17) is 0 Å². The maximum atomic E-state index is 10.7. The highest BCUT2D eigenvalue weighted by Gasteiger charge is 2.03. The molecule has 4 nitrogen and oxygen atoms in total. The predicted octanol–water partition coefficient (Wildman–Crippen LogP) is 3.92. The van der Waals surface area contributed by atoms with Gasteiger partial charge in [0.1, 0.15) is 0 Å². The molecule has 21 heavy (non-hydrogen) atoms. The first kappa shape index (κ1) is 22.5. The van der Waals surface area contributed by atoms with Crippen LogP contribution in [0.4, 0.5) is 4.79 Å². The summed E-state index contributed by atoms with van der Waals surface area (Å²) in [7, 11) is 6.90. The van der Waals surface area contributed by atoms with Crippen molar-refractivity contribution in [3.05, 3.63) is 0 Å². The zero-order chi connectivity index (χ0) is 16.7. The number of urea groups is 1. The van der Waals surface area contributed by atoms with Crippen LogP contribution in [-0.2, 0) is 0 Å². The fourth-order valence-electron chi connectivity index (χ4n) is 1.88. The van der Waals surface area contributed by atoms with Gasteiger partial charge in [-0.1, -0.05) is 40.0 Å². The Bertz CT molecular complexity index is 201. The lowest BCUT2D eigenvalue weighted by molar-refractivity contribution is 0.191. The molecule has 0 saturated carbocycles. The molecule has 0 atom stereocenters. The molecule has 0 aliphatic heterocycles. The van der Waals surface area contributed by atoms with Crippen LogP contribution in [-0.4, -0.2) is 68.6 Å².